The van der Waals surface area contributed by atoms with Crippen LogP contribution in [0.4, 0.5) is 0 Å². The molecule has 0 aliphatic carbocycles. The van der Waals surface area contributed by atoms with E-state index in [9.17, 15) is 0 Å². The summed E-state index contributed by atoms with van der Waals surface area (Å²) in [4.78, 5) is 0. The van der Waals surface area contributed by atoms with Gasteiger partial charge in [0, 0.05) is 12.6 Å². The highest BCUT2D eigenvalue weighted by Crippen LogP contribution is 2.22. The molecule has 0 N–H and O–H groups in total. The average molecular weight is 209 g/mol. The molecule has 3 heteroatoms. The van der Waals surface area contributed by atoms with Gasteiger partial charge >= 0.3 is 0 Å². The first-order chi connectivity index (χ1) is 7.84. The van der Waals surface area contributed by atoms with Gasteiger partial charge in [0.2, 0.25) is 0 Å². The molecule has 0 bridgehead atoms. The van der Waals surface area contributed by atoms with Crippen molar-refractivity contribution in [3.05, 3.63) is 48.8 Å². The Hall–Kier alpha value is -2.16. The van der Waals surface area contributed by atoms with Crippen LogP contribution >= 0.6 is 0 Å². The van der Waals surface area contributed by atoms with E-state index in [-0.39, 0.29) is 0 Å². The van der Waals surface area contributed by atoms with E-state index in [4.69, 9.17) is 0 Å². The van der Waals surface area contributed by atoms with Crippen molar-refractivity contribution >= 4 is 10.8 Å². The van der Waals surface area contributed by atoms with E-state index in [1.165, 1.54) is 10.8 Å². The van der Waals surface area contributed by atoms with Gasteiger partial charge in [-0.05, 0) is 16.8 Å². The number of benzene rings is 2. The molecule has 1 aromatic heterocycles. The lowest BCUT2D eigenvalue weighted by Gasteiger charge is -2.02. The van der Waals surface area contributed by atoms with Crippen LogP contribution in [0.1, 0.15) is 0 Å². The van der Waals surface area contributed by atoms with Crippen LogP contribution in [0.15, 0.2) is 48.8 Å². The summed E-state index contributed by atoms with van der Waals surface area (Å²) in [6.45, 7) is 0. The molecule has 3 aromatic rings. The number of hydrogen-bond acceptors (Lipinski definition) is 2. The molecule has 0 aliphatic rings. The third-order valence-corrected chi connectivity index (χ3v) is 2.72. The summed E-state index contributed by atoms with van der Waals surface area (Å²) in [7, 11) is 1.95. The topological polar surface area (TPSA) is 30.7 Å². The molecule has 16 heavy (non-hydrogen) atoms. The first-order valence-corrected chi connectivity index (χ1v) is 5.18. The Bertz CT molecular complexity index is 640. The van der Waals surface area contributed by atoms with Gasteiger partial charge in [0.1, 0.15) is 6.33 Å². The number of hydrogen-bond donors (Lipinski definition) is 0. The minimum absolute atomic E-state index is 0.894. The van der Waals surface area contributed by atoms with E-state index in [2.05, 4.69) is 40.5 Å². The van der Waals surface area contributed by atoms with E-state index >= 15 is 0 Å². The van der Waals surface area contributed by atoms with Crippen LogP contribution in [-0.4, -0.2) is 14.8 Å². The molecule has 0 saturated carbocycles. The highest BCUT2D eigenvalue weighted by molar-refractivity contribution is 5.86. The summed E-state index contributed by atoms with van der Waals surface area (Å²) in [6.07, 6.45) is 1.71. The van der Waals surface area contributed by atoms with Crippen LogP contribution in [0, 0.1) is 0 Å². The lowest BCUT2D eigenvalue weighted by atomic mass is 10.1. The van der Waals surface area contributed by atoms with Crippen LogP contribution in [0.2, 0.25) is 0 Å². The second kappa shape index (κ2) is 3.45. The molecule has 0 radical (unpaired) electrons. The molecule has 0 unspecified atom stereocenters. The molecule has 2 aromatic carbocycles. The Morgan fingerprint density at radius 1 is 1.00 bits per heavy atom. The van der Waals surface area contributed by atoms with E-state index in [1.54, 1.807) is 6.33 Å². The quantitative estimate of drug-likeness (QED) is 0.616. The van der Waals surface area contributed by atoms with Crippen molar-refractivity contribution in [3.63, 3.8) is 0 Å². The smallest absolute Gasteiger partial charge is 0.163 e. The van der Waals surface area contributed by atoms with Gasteiger partial charge in [0.05, 0.1) is 0 Å². The average Bonchev–Trinajstić information content (AvgIpc) is 2.75. The van der Waals surface area contributed by atoms with E-state index < -0.39 is 0 Å². The van der Waals surface area contributed by atoms with E-state index in [1.807, 2.05) is 23.7 Å². The van der Waals surface area contributed by atoms with Crippen molar-refractivity contribution in [2.75, 3.05) is 0 Å². The first kappa shape index (κ1) is 9.09. The van der Waals surface area contributed by atoms with Crippen LogP contribution in [0.5, 0.6) is 0 Å². The second-order valence-electron chi connectivity index (χ2n) is 3.83. The molecule has 0 fully saturated rings. The second-order valence-corrected chi connectivity index (χ2v) is 3.83. The summed E-state index contributed by atoms with van der Waals surface area (Å²) >= 11 is 0. The van der Waals surface area contributed by atoms with Crippen molar-refractivity contribution in [2.24, 2.45) is 7.05 Å². The zero-order valence-corrected chi connectivity index (χ0v) is 8.96. The Kier molecular flexibility index (Phi) is 1.96. The van der Waals surface area contributed by atoms with Gasteiger partial charge in [-0.3, -0.25) is 0 Å². The molecule has 0 spiro atoms. The van der Waals surface area contributed by atoms with E-state index in [0.29, 0.717) is 0 Å². The standard InChI is InChI=1S/C13H11N3/c1-16-9-14-15-13(16)12-7-6-10-4-2-3-5-11(10)8-12/h2-9H,1H3. The molecule has 3 nitrogen and oxygen atoms in total. The highest BCUT2D eigenvalue weighted by atomic mass is 15.2. The van der Waals surface area contributed by atoms with Crippen LogP contribution in [-0.2, 0) is 7.05 Å². The highest BCUT2D eigenvalue weighted by Gasteiger charge is 2.04. The normalized spacial score (nSPS) is 10.8. The van der Waals surface area contributed by atoms with Crippen LogP contribution in [0.3, 0.4) is 0 Å². The van der Waals surface area contributed by atoms with Gasteiger partial charge in [-0.1, -0.05) is 36.4 Å². The van der Waals surface area contributed by atoms with Crippen LogP contribution in [0.25, 0.3) is 22.2 Å². The minimum atomic E-state index is 0.894. The fourth-order valence-electron chi connectivity index (χ4n) is 1.87. The summed E-state index contributed by atoms with van der Waals surface area (Å²) in [6, 6.07) is 14.6. The predicted molar refractivity (Wildman–Crippen MR) is 63.9 cm³/mol. The molecule has 3 rings (SSSR count). The fraction of sp³-hybridized carbons (Fsp3) is 0.0769. The summed E-state index contributed by atoms with van der Waals surface area (Å²) in [5, 5.41) is 10.5. The third-order valence-electron chi connectivity index (χ3n) is 2.72. The molecule has 0 saturated heterocycles. The summed E-state index contributed by atoms with van der Waals surface area (Å²) in [5.74, 6) is 0.894. The Morgan fingerprint density at radius 3 is 2.56 bits per heavy atom. The summed E-state index contributed by atoms with van der Waals surface area (Å²) < 4.78 is 1.92. The number of nitrogens with zero attached hydrogens (tertiary/aromatic N) is 3. The molecule has 0 aliphatic heterocycles. The van der Waals surface area contributed by atoms with Gasteiger partial charge in [0.25, 0.3) is 0 Å². The molecule has 78 valence electrons. The van der Waals surface area contributed by atoms with Gasteiger partial charge in [-0.25, -0.2) is 0 Å². The predicted octanol–water partition coefficient (Wildman–Crippen LogP) is 2.64. The SMILES string of the molecule is Cn1cnnc1-c1ccc2ccccc2c1. The summed E-state index contributed by atoms with van der Waals surface area (Å²) in [5.41, 5.74) is 1.10. The van der Waals surface area contributed by atoms with Crippen molar-refractivity contribution in [2.45, 2.75) is 0 Å². The molecular formula is C13H11N3. The zero-order valence-electron chi connectivity index (χ0n) is 8.96. The molecule has 0 amide bonds. The van der Waals surface area contributed by atoms with Crippen molar-refractivity contribution in [1.82, 2.24) is 14.8 Å². The van der Waals surface area contributed by atoms with Gasteiger partial charge in [-0.15, -0.1) is 10.2 Å². The number of aromatic nitrogens is 3. The largest absolute Gasteiger partial charge is 0.317 e. The fourth-order valence-corrected chi connectivity index (χ4v) is 1.87. The van der Waals surface area contributed by atoms with Crippen molar-refractivity contribution in [3.8, 4) is 11.4 Å². The lowest BCUT2D eigenvalue weighted by Crippen LogP contribution is -1.90. The van der Waals surface area contributed by atoms with Crippen molar-refractivity contribution < 1.29 is 0 Å². The lowest BCUT2D eigenvalue weighted by molar-refractivity contribution is 0.920. The van der Waals surface area contributed by atoms with Crippen LogP contribution < -0.4 is 0 Å². The minimum Gasteiger partial charge on any atom is -0.317 e. The Balaban J connectivity index is 2.23. The molecule has 0 atom stereocenters. The van der Waals surface area contributed by atoms with E-state index in [0.717, 1.165) is 11.4 Å². The number of fused-ring (bicyclic) bond motifs is 1. The van der Waals surface area contributed by atoms with Crippen molar-refractivity contribution in [1.29, 1.82) is 0 Å². The molecule has 1 heterocycles. The third kappa shape index (κ3) is 1.37. The number of aryl methyl sites for hydroxylation is 1. The van der Waals surface area contributed by atoms with Gasteiger partial charge in [-0.2, -0.15) is 0 Å². The monoisotopic (exact) mass is 209 g/mol. The van der Waals surface area contributed by atoms with Gasteiger partial charge < -0.3 is 4.57 Å². The zero-order chi connectivity index (χ0) is 11.0. The number of rotatable bonds is 1. The maximum absolute atomic E-state index is 4.11. The Morgan fingerprint density at radius 2 is 1.81 bits per heavy atom. The first-order valence-electron chi connectivity index (χ1n) is 5.18. The Labute approximate surface area is 93.4 Å². The molecular weight excluding hydrogens is 198 g/mol. The maximum Gasteiger partial charge on any atom is 0.163 e. The van der Waals surface area contributed by atoms with Gasteiger partial charge in [0.15, 0.2) is 5.82 Å². The maximum atomic E-state index is 4.11.